The van der Waals surface area contributed by atoms with E-state index in [9.17, 15) is 8.78 Å². The van der Waals surface area contributed by atoms with E-state index >= 15 is 4.39 Å². The largest absolute Gasteiger partial charge is 0.490 e. The van der Waals surface area contributed by atoms with Gasteiger partial charge in [0.2, 0.25) is 5.82 Å². The Balaban J connectivity index is 1.38. The SMILES string of the molecule is CC=CCCC1CC=C(c2ccc(-c3ccc(-c4ccc(OCCCCCCCC)c(F)c4F)cc3)cc2F)CC1. The van der Waals surface area contributed by atoms with Gasteiger partial charge in [-0.25, -0.2) is 8.78 Å². The van der Waals surface area contributed by atoms with Crippen LogP contribution in [-0.2, 0) is 0 Å². The first-order chi connectivity index (χ1) is 20.0. The van der Waals surface area contributed by atoms with Gasteiger partial charge in [0.05, 0.1) is 6.61 Å². The summed E-state index contributed by atoms with van der Waals surface area (Å²) in [6, 6.07) is 15.5. The maximum absolute atomic E-state index is 15.2. The summed E-state index contributed by atoms with van der Waals surface area (Å²) in [5.74, 6) is -1.49. The van der Waals surface area contributed by atoms with Gasteiger partial charge in [-0.15, -0.1) is 0 Å². The van der Waals surface area contributed by atoms with Gasteiger partial charge in [0.1, 0.15) is 5.82 Å². The van der Waals surface area contributed by atoms with Gasteiger partial charge in [-0.05, 0) is 91.8 Å². The molecule has 1 nitrogen and oxygen atoms in total. The molecule has 0 aliphatic heterocycles. The first-order valence-electron chi connectivity index (χ1n) is 15.3. The predicted octanol–water partition coefficient (Wildman–Crippen LogP) is 11.7. The molecule has 0 saturated heterocycles. The normalized spacial score (nSPS) is 15.3. The number of hydrogen-bond acceptors (Lipinski definition) is 1. The number of rotatable bonds is 14. The summed E-state index contributed by atoms with van der Waals surface area (Å²) in [6.45, 7) is 4.60. The van der Waals surface area contributed by atoms with Crippen molar-refractivity contribution in [3.05, 3.63) is 95.8 Å². The average Bonchev–Trinajstić information content (AvgIpc) is 2.99. The Hall–Kier alpha value is -3.27. The summed E-state index contributed by atoms with van der Waals surface area (Å²) in [6.07, 6.45) is 18.4. The molecule has 0 heterocycles. The molecular weight excluding hydrogens is 517 g/mol. The minimum atomic E-state index is -0.962. The van der Waals surface area contributed by atoms with Crippen molar-refractivity contribution in [3.63, 3.8) is 0 Å². The Kier molecular flexibility index (Phi) is 11.7. The van der Waals surface area contributed by atoms with Gasteiger partial charge in [0.15, 0.2) is 11.6 Å². The van der Waals surface area contributed by atoms with Crippen LogP contribution in [-0.4, -0.2) is 6.61 Å². The third-order valence-electron chi connectivity index (χ3n) is 8.14. The summed E-state index contributed by atoms with van der Waals surface area (Å²) < 4.78 is 50.4. The van der Waals surface area contributed by atoms with Crippen molar-refractivity contribution in [2.75, 3.05) is 6.61 Å². The molecule has 4 heteroatoms. The molecule has 0 fully saturated rings. The second kappa shape index (κ2) is 15.7. The number of benzene rings is 3. The van der Waals surface area contributed by atoms with E-state index in [1.54, 1.807) is 24.3 Å². The number of halogens is 3. The van der Waals surface area contributed by atoms with Crippen LogP contribution in [0, 0.1) is 23.4 Å². The van der Waals surface area contributed by atoms with E-state index in [2.05, 4.69) is 25.2 Å². The van der Waals surface area contributed by atoms with E-state index in [0.29, 0.717) is 23.7 Å². The maximum Gasteiger partial charge on any atom is 0.201 e. The molecule has 0 saturated carbocycles. The second-order valence-corrected chi connectivity index (χ2v) is 11.1. The molecule has 0 spiro atoms. The lowest BCUT2D eigenvalue weighted by Gasteiger charge is -2.22. The maximum atomic E-state index is 15.2. The molecule has 3 aromatic carbocycles. The molecular formula is C37H43F3O. The minimum Gasteiger partial charge on any atom is -0.490 e. The summed E-state index contributed by atoms with van der Waals surface area (Å²) in [4.78, 5) is 0. The highest BCUT2D eigenvalue weighted by Gasteiger charge is 2.18. The van der Waals surface area contributed by atoms with Gasteiger partial charge >= 0.3 is 0 Å². The second-order valence-electron chi connectivity index (χ2n) is 11.1. The standard InChI is InChI=1S/C37H43F3O/c1-3-5-7-8-9-11-25-41-35-24-23-33(36(39)37(35)40)30-19-17-28(18-20-30)31-21-22-32(34(38)26-31)29-15-13-27(14-16-29)12-10-6-4-2/h4,6,15,17-24,26-27H,3,5,7-14,16,25H2,1-2H3. The zero-order chi connectivity index (χ0) is 29.0. The minimum absolute atomic E-state index is 0.0516. The highest BCUT2D eigenvalue weighted by Crippen LogP contribution is 2.36. The van der Waals surface area contributed by atoms with E-state index in [-0.39, 0.29) is 17.1 Å². The Morgan fingerprint density at radius 3 is 2.22 bits per heavy atom. The lowest BCUT2D eigenvalue weighted by atomic mass is 9.84. The van der Waals surface area contributed by atoms with Crippen LogP contribution in [0.3, 0.4) is 0 Å². The first kappa shape index (κ1) is 30.7. The quantitative estimate of drug-likeness (QED) is 0.141. The van der Waals surface area contributed by atoms with Crippen molar-refractivity contribution in [1.29, 1.82) is 0 Å². The molecule has 0 N–H and O–H groups in total. The topological polar surface area (TPSA) is 9.23 Å². The van der Waals surface area contributed by atoms with Crippen molar-refractivity contribution in [2.45, 2.75) is 84.5 Å². The van der Waals surface area contributed by atoms with Gasteiger partial charge in [0.25, 0.3) is 0 Å². The molecule has 0 amide bonds. The van der Waals surface area contributed by atoms with Crippen LogP contribution in [0.5, 0.6) is 5.75 Å². The van der Waals surface area contributed by atoms with E-state index < -0.39 is 11.6 Å². The molecule has 0 bridgehead atoms. The third-order valence-corrected chi connectivity index (χ3v) is 8.14. The van der Waals surface area contributed by atoms with Crippen molar-refractivity contribution in [3.8, 4) is 28.0 Å². The van der Waals surface area contributed by atoms with Crippen LogP contribution in [0.2, 0.25) is 0 Å². The van der Waals surface area contributed by atoms with Gasteiger partial charge in [-0.3, -0.25) is 0 Å². The molecule has 1 aliphatic carbocycles. The summed E-state index contributed by atoms with van der Waals surface area (Å²) in [7, 11) is 0. The van der Waals surface area contributed by atoms with E-state index in [1.807, 2.05) is 31.2 Å². The van der Waals surface area contributed by atoms with Gasteiger partial charge in [0, 0.05) is 11.1 Å². The number of allylic oxidation sites excluding steroid dienone is 4. The zero-order valence-electron chi connectivity index (χ0n) is 24.5. The summed E-state index contributed by atoms with van der Waals surface area (Å²) in [5.41, 5.74) is 4.07. The highest BCUT2D eigenvalue weighted by atomic mass is 19.2. The van der Waals surface area contributed by atoms with Crippen LogP contribution < -0.4 is 4.74 Å². The lowest BCUT2D eigenvalue weighted by Crippen LogP contribution is -2.06. The van der Waals surface area contributed by atoms with Gasteiger partial charge < -0.3 is 4.74 Å². The smallest absolute Gasteiger partial charge is 0.201 e. The molecule has 218 valence electrons. The highest BCUT2D eigenvalue weighted by molar-refractivity contribution is 5.74. The zero-order valence-corrected chi connectivity index (χ0v) is 24.5. The van der Waals surface area contributed by atoms with E-state index in [1.165, 1.54) is 31.7 Å². The molecule has 1 unspecified atom stereocenters. The van der Waals surface area contributed by atoms with Crippen LogP contribution in [0.15, 0.2) is 72.8 Å². The van der Waals surface area contributed by atoms with E-state index in [0.717, 1.165) is 61.6 Å². The molecule has 3 aromatic rings. The van der Waals surface area contributed by atoms with Crippen molar-refractivity contribution < 1.29 is 17.9 Å². The fourth-order valence-electron chi connectivity index (χ4n) is 5.62. The number of ether oxygens (including phenoxy) is 1. The lowest BCUT2D eigenvalue weighted by molar-refractivity contribution is 0.285. The van der Waals surface area contributed by atoms with Crippen molar-refractivity contribution >= 4 is 5.57 Å². The predicted molar refractivity (Wildman–Crippen MR) is 165 cm³/mol. The third kappa shape index (κ3) is 8.38. The Bertz CT molecular complexity index is 1320. The van der Waals surface area contributed by atoms with Crippen LogP contribution in [0.4, 0.5) is 13.2 Å². The number of hydrogen-bond donors (Lipinski definition) is 0. The van der Waals surface area contributed by atoms with Gasteiger partial charge in [-0.2, -0.15) is 4.39 Å². The number of unbranched alkanes of at least 4 members (excludes halogenated alkanes) is 5. The summed E-state index contributed by atoms with van der Waals surface area (Å²) >= 11 is 0. The molecule has 4 rings (SSSR count). The average molecular weight is 561 g/mol. The molecule has 1 aliphatic rings. The van der Waals surface area contributed by atoms with Crippen molar-refractivity contribution in [2.24, 2.45) is 5.92 Å². The van der Waals surface area contributed by atoms with Gasteiger partial charge in [-0.1, -0.05) is 93.7 Å². The van der Waals surface area contributed by atoms with Crippen LogP contribution >= 0.6 is 0 Å². The fourth-order valence-corrected chi connectivity index (χ4v) is 5.62. The van der Waals surface area contributed by atoms with E-state index in [4.69, 9.17) is 4.74 Å². The Labute approximate surface area is 244 Å². The molecule has 1 atom stereocenters. The monoisotopic (exact) mass is 560 g/mol. The van der Waals surface area contributed by atoms with Crippen LogP contribution in [0.25, 0.3) is 27.8 Å². The first-order valence-corrected chi connectivity index (χ1v) is 15.3. The Morgan fingerprint density at radius 1 is 0.805 bits per heavy atom. The Morgan fingerprint density at radius 2 is 1.51 bits per heavy atom. The summed E-state index contributed by atoms with van der Waals surface area (Å²) in [5, 5.41) is 0. The molecule has 0 aromatic heterocycles. The molecule has 41 heavy (non-hydrogen) atoms. The van der Waals surface area contributed by atoms with Crippen LogP contribution in [0.1, 0.15) is 90.0 Å². The van der Waals surface area contributed by atoms with Crippen molar-refractivity contribution in [1.82, 2.24) is 0 Å². The molecule has 0 radical (unpaired) electrons. The fraction of sp³-hybridized carbons (Fsp3) is 0.405.